The maximum absolute atomic E-state index is 13.3. The van der Waals surface area contributed by atoms with Crippen molar-refractivity contribution in [3.05, 3.63) is 59.4 Å². The zero-order chi connectivity index (χ0) is 22.5. The van der Waals surface area contributed by atoms with Gasteiger partial charge in [-0.15, -0.1) is 0 Å². The largest absolute Gasteiger partial charge is 0.356 e. The fourth-order valence-electron chi connectivity index (χ4n) is 3.14. The standard InChI is InChI=1S/C24H31ClFN3O2/c1-2-3-4-5-6-8-23(30)27-17-7-18-29(22-15-11-20(26)12-16-22)24(31)28-21-13-9-19(25)10-14-21/h9-16H,2-8,17-18H2,1H3,(H,27,30)(H,28,31). The van der Waals surface area contributed by atoms with Gasteiger partial charge in [0.1, 0.15) is 5.82 Å². The van der Waals surface area contributed by atoms with Gasteiger partial charge in [-0.1, -0.05) is 44.2 Å². The van der Waals surface area contributed by atoms with Crippen LogP contribution >= 0.6 is 11.6 Å². The lowest BCUT2D eigenvalue weighted by atomic mass is 10.1. The van der Waals surface area contributed by atoms with Gasteiger partial charge >= 0.3 is 6.03 Å². The molecule has 0 atom stereocenters. The number of nitrogens with zero attached hydrogens (tertiary/aromatic N) is 1. The molecule has 0 aliphatic carbocycles. The number of carbonyl (C=O) groups excluding carboxylic acids is 2. The van der Waals surface area contributed by atoms with Gasteiger partial charge < -0.3 is 10.6 Å². The molecule has 7 heteroatoms. The Morgan fingerprint density at radius 1 is 0.935 bits per heavy atom. The van der Waals surface area contributed by atoms with Gasteiger partial charge in [0.05, 0.1) is 0 Å². The summed E-state index contributed by atoms with van der Waals surface area (Å²) in [6, 6.07) is 12.2. The number of halogens is 2. The van der Waals surface area contributed by atoms with E-state index in [1.54, 1.807) is 36.4 Å². The first-order valence-electron chi connectivity index (χ1n) is 10.9. The molecular formula is C24H31ClFN3O2. The quantitative estimate of drug-likeness (QED) is 0.370. The number of anilines is 2. The van der Waals surface area contributed by atoms with Crippen molar-refractivity contribution in [2.45, 2.75) is 51.9 Å². The Morgan fingerprint density at radius 2 is 1.61 bits per heavy atom. The van der Waals surface area contributed by atoms with Gasteiger partial charge in [0.15, 0.2) is 0 Å². The topological polar surface area (TPSA) is 61.4 Å². The molecule has 0 spiro atoms. The zero-order valence-electron chi connectivity index (χ0n) is 18.0. The minimum absolute atomic E-state index is 0.0375. The number of unbranched alkanes of at least 4 members (excludes halogenated alkanes) is 4. The minimum Gasteiger partial charge on any atom is -0.356 e. The smallest absolute Gasteiger partial charge is 0.326 e. The van der Waals surface area contributed by atoms with Gasteiger partial charge in [0, 0.05) is 35.9 Å². The number of rotatable bonds is 12. The van der Waals surface area contributed by atoms with E-state index in [-0.39, 0.29) is 17.8 Å². The van der Waals surface area contributed by atoms with Crippen LogP contribution in [0, 0.1) is 5.82 Å². The normalized spacial score (nSPS) is 10.5. The lowest BCUT2D eigenvalue weighted by Gasteiger charge is -2.23. The first-order valence-corrected chi connectivity index (χ1v) is 11.2. The molecule has 2 aromatic carbocycles. The Bertz CT molecular complexity index is 813. The van der Waals surface area contributed by atoms with Crippen molar-refractivity contribution in [1.29, 1.82) is 0 Å². The molecule has 0 fully saturated rings. The van der Waals surface area contributed by atoms with Crippen molar-refractivity contribution in [3.8, 4) is 0 Å². The highest BCUT2D eigenvalue weighted by atomic mass is 35.5. The van der Waals surface area contributed by atoms with Crippen LogP contribution in [0.25, 0.3) is 0 Å². The highest BCUT2D eigenvalue weighted by molar-refractivity contribution is 6.30. The number of hydrogen-bond acceptors (Lipinski definition) is 2. The molecule has 168 valence electrons. The van der Waals surface area contributed by atoms with E-state index in [4.69, 9.17) is 11.6 Å². The number of hydrogen-bond donors (Lipinski definition) is 2. The number of urea groups is 1. The number of amides is 3. The maximum atomic E-state index is 13.3. The molecule has 0 saturated heterocycles. The van der Waals surface area contributed by atoms with E-state index in [9.17, 15) is 14.0 Å². The lowest BCUT2D eigenvalue weighted by Crippen LogP contribution is -2.37. The number of benzene rings is 2. The monoisotopic (exact) mass is 447 g/mol. The number of nitrogens with one attached hydrogen (secondary N) is 2. The van der Waals surface area contributed by atoms with E-state index in [2.05, 4.69) is 17.6 Å². The predicted molar refractivity (Wildman–Crippen MR) is 125 cm³/mol. The van der Waals surface area contributed by atoms with Crippen LogP contribution in [0.1, 0.15) is 51.9 Å². The molecule has 0 radical (unpaired) electrons. The summed E-state index contributed by atoms with van der Waals surface area (Å²) in [6.07, 6.45) is 6.64. The first-order chi connectivity index (χ1) is 15.0. The summed E-state index contributed by atoms with van der Waals surface area (Å²) in [7, 11) is 0. The van der Waals surface area contributed by atoms with Crippen molar-refractivity contribution >= 4 is 34.9 Å². The van der Waals surface area contributed by atoms with Crippen LogP contribution in [0.5, 0.6) is 0 Å². The molecule has 2 aromatic rings. The van der Waals surface area contributed by atoms with Crippen molar-refractivity contribution < 1.29 is 14.0 Å². The summed E-state index contributed by atoms with van der Waals surface area (Å²) >= 11 is 5.89. The Hall–Kier alpha value is -2.60. The SMILES string of the molecule is CCCCCCCC(=O)NCCCN(C(=O)Nc1ccc(Cl)cc1)c1ccc(F)cc1. The molecule has 2 rings (SSSR count). The van der Waals surface area contributed by atoms with Crippen molar-refractivity contribution in [1.82, 2.24) is 5.32 Å². The highest BCUT2D eigenvalue weighted by Gasteiger charge is 2.16. The second-order valence-electron chi connectivity index (χ2n) is 7.43. The third kappa shape index (κ3) is 9.39. The minimum atomic E-state index is -0.368. The van der Waals surface area contributed by atoms with Crippen LogP contribution in [0.3, 0.4) is 0 Å². The molecule has 0 heterocycles. The molecule has 0 aliphatic rings. The zero-order valence-corrected chi connectivity index (χ0v) is 18.8. The fraction of sp³-hybridized carbons (Fsp3) is 0.417. The van der Waals surface area contributed by atoms with Crippen LogP contribution in [0.4, 0.5) is 20.6 Å². The third-order valence-corrected chi connectivity index (χ3v) is 5.12. The predicted octanol–water partition coefficient (Wildman–Crippen LogP) is 6.38. The Kier molecular flexibility index (Phi) is 10.9. The van der Waals surface area contributed by atoms with E-state index in [0.717, 1.165) is 12.8 Å². The van der Waals surface area contributed by atoms with Gasteiger partial charge in [-0.05, 0) is 61.4 Å². The van der Waals surface area contributed by atoms with Gasteiger partial charge in [-0.3, -0.25) is 9.69 Å². The van der Waals surface area contributed by atoms with E-state index >= 15 is 0 Å². The van der Waals surface area contributed by atoms with Crippen LogP contribution in [-0.2, 0) is 4.79 Å². The summed E-state index contributed by atoms with van der Waals surface area (Å²) in [5.41, 5.74) is 1.19. The van der Waals surface area contributed by atoms with Crippen molar-refractivity contribution in [2.24, 2.45) is 0 Å². The highest BCUT2D eigenvalue weighted by Crippen LogP contribution is 2.19. The average Bonchev–Trinajstić information content (AvgIpc) is 2.76. The Labute approximate surface area is 189 Å². The van der Waals surface area contributed by atoms with Crippen molar-refractivity contribution in [3.63, 3.8) is 0 Å². The molecular weight excluding hydrogens is 417 g/mol. The van der Waals surface area contributed by atoms with Gasteiger partial charge in [-0.2, -0.15) is 0 Å². The third-order valence-electron chi connectivity index (χ3n) is 4.87. The molecule has 0 unspecified atom stereocenters. The van der Waals surface area contributed by atoms with Crippen LogP contribution in [0.15, 0.2) is 48.5 Å². The molecule has 0 aliphatic heterocycles. The summed E-state index contributed by atoms with van der Waals surface area (Å²) in [5, 5.41) is 6.31. The molecule has 3 amide bonds. The van der Waals surface area contributed by atoms with E-state index in [0.29, 0.717) is 42.3 Å². The summed E-state index contributed by atoms with van der Waals surface area (Å²) < 4.78 is 13.3. The Morgan fingerprint density at radius 3 is 2.29 bits per heavy atom. The summed E-state index contributed by atoms with van der Waals surface area (Å²) in [5.74, 6) is -0.330. The Balaban J connectivity index is 1.86. The van der Waals surface area contributed by atoms with Crippen LogP contribution < -0.4 is 15.5 Å². The summed E-state index contributed by atoms with van der Waals surface area (Å²) in [4.78, 5) is 26.3. The molecule has 31 heavy (non-hydrogen) atoms. The molecule has 5 nitrogen and oxygen atoms in total. The average molecular weight is 448 g/mol. The van der Waals surface area contributed by atoms with E-state index in [1.165, 1.54) is 36.3 Å². The van der Waals surface area contributed by atoms with Crippen molar-refractivity contribution in [2.75, 3.05) is 23.3 Å². The molecule has 0 saturated carbocycles. The molecule has 0 aromatic heterocycles. The van der Waals surface area contributed by atoms with Crippen LogP contribution in [-0.4, -0.2) is 25.0 Å². The van der Waals surface area contributed by atoms with Gasteiger partial charge in [0.2, 0.25) is 5.91 Å². The fourth-order valence-corrected chi connectivity index (χ4v) is 3.26. The van der Waals surface area contributed by atoms with E-state index in [1.807, 2.05) is 0 Å². The van der Waals surface area contributed by atoms with Gasteiger partial charge in [0.25, 0.3) is 0 Å². The van der Waals surface area contributed by atoms with Crippen LogP contribution in [0.2, 0.25) is 5.02 Å². The first kappa shape index (κ1) is 24.7. The lowest BCUT2D eigenvalue weighted by molar-refractivity contribution is -0.121. The summed E-state index contributed by atoms with van der Waals surface area (Å²) in [6.45, 7) is 3.01. The second-order valence-corrected chi connectivity index (χ2v) is 7.87. The second kappa shape index (κ2) is 13.7. The van der Waals surface area contributed by atoms with Gasteiger partial charge in [-0.25, -0.2) is 9.18 Å². The maximum Gasteiger partial charge on any atom is 0.326 e. The number of carbonyl (C=O) groups is 2. The van der Waals surface area contributed by atoms with E-state index < -0.39 is 0 Å². The molecule has 0 bridgehead atoms. The molecule has 2 N–H and O–H groups in total.